The summed E-state index contributed by atoms with van der Waals surface area (Å²) in [7, 11) is -3.53. The summed E-state index contributed by atoms with van der Waals surface area (Å²) < 4.78 is 22.8. The summed E-state index contributed by atoms with van der Waals surface area (Å²) in [5.41, 5.74) is 10.3. The molecule has 0 bridgehead atoms. The molecule has 0 aliphatic heterocycles. The maximum Gasteiger partial charge on any atom is 0.320 e. The second kappa shape index (κ2) is 6.52. The van der Waals surface area contributed by atoms with Crippen molar-refractivity contribution in [3.8, 4) is 0 Å². The van der Waals surface area contributed by atoms with Gasteiger partial charge >= 0.3 is 11.9 Å². The third-order valence-corrected chi connectivity index (χ3v) is 3.83. The highest BCUT2D eigenvalue weighted by Gasteiger charge is 2.20. The Morgan fingerprint density at radius 2 is 1.24 bits per heavy atom. The molecule has 0 heterocycles. The molecule has 17 heavy (non-hydrogen) atoms. The molecule has 2 atom stereocenters. The van der Waals surface area contributed by atoms with E-state index >= 15 is 0 Å². The van der Waals surface area contributed by atoms with Gasteiger partial charge in [0.25, 0.3) is 0 Å². The first kappa shape index (κ1) is 15.8. The Hall–Kier alpha value is -1.19. The summed E-state index contributed by atoms with van der Waals surface area (Å²) >= 11 is 0. The van der Waals surface area contributed by atoms with Crippen molar-refractivity contribution in [1.29, 1.82) is 0 Å². The highest BCUT2D eigenvalue weighted by atomic mass is 32.2. The minimum absolute atomic E-state index is 0.208. The molecule has 9 heteroatoms. The zero-order valence-electron chi connectivity index (χ0n) is 9.07. The molecule has 0 aromatic carbocycles. The molecule has 100 valence electrons. The number of hydrogen-bond donors (Lipinski definition) is 4. The monoisotopic (exact) mass is 268 g/mol. The number of carbonyl (C=O) groups is 2. The number of rotatable bonds is 8. The molecule has 0 radical (unpaired) electrons. The minimum Gasteiger partial charge on any atom is -0.480 e. The van der Waals surface area contributed by atoms with Gasteiger partial charge in [-0.05, 0) is 12.8 Å². The Bertz CT molecular complexity index is 349. The quantitative estimate of drug-likeness (QED) is 0.393. The van der Waals surface area contributed by atoms with E-state index in [1.807, 2.05) is 0 Å². The molecule has 0 aliphatic rings. The van der Waals surface area contributed by atoms with Gasteiger partial charge in [0.1, 0.15) is 21.9 Å². The van der Waals surface area contributed by atoms with Crippen LogP contribution in [0.15, 0.2) is 0 Å². The van der Waals surface area contributed by atoms with Crippen LogP contribution >= 0.6 is 0 Å². The number of carboxylic acids is 2. The van der Waals surface area contributed by atoms with E-state index < -0.39 is 45.4 Å². The average molecular weight is 268 g/mol. The fourth-order valence-electron chi connectivity index (χ4n) is 0.962. The molecule has 0 fully saturated rings. The molecule has 0 spiro atoms. The maximum atomic E-state index is 11.4. The molecule has 0 saturated carbocycles. The van der Waals surface area contributed by atoms with Crippen molar-refractivity contribution in [2.45, 2.75) is 24.9 Å². The molecule has 8 nitrogen and oxygen atoms in total. The maximum absolute atomic E-state index is 11.4. The second-order valence-electron chi connectivity index (χ2n) is 3.62. The molecule has 6 N–H and O–H groups in total. The van der Waals surface area contributed by atoms with Crippen LogP contribution < -0.4 is 11.5 Å². The Kier molecular flexibility index (Phi) is 6.07. The van der Waals surface area contributed by atoms with Crippen LogP contribution in [-0.4, -0.2) is 54.2 Å². The van der Waals surface area contributed by atoms with E-state index in [0.717, 1.165) is 0 Å². The van der Waals surface area contributed by atoms with Gasteiger partial charge in [0.05, 0.1) is 11.5 Å². The van der Waals surface area contributed by atoms with Gasteiger partial charge in [-0.3, -0.25) is 9.59 Å². The van der Waals surface area contributed by atoms with E-state index in [1.165, 1.54) is 0 Å². The van der Waals surface area contributed by atoms with Crippen LogP contribution in [0.5, 0.6) is 0 Å². The van der Waals surface area contributed by atoms with E-state index in [2.05, 4.69) is 0 Å². The first-order valence-electron chi connectivity index (χ1n) is 4.83. The topological polar surface area (TPSA) is 161 Å². The lowest BCUT2D eigenvalue weighted by molar-refractivity contribution is -0.139. The number of sulfone groups is 1. The van der Waals surface area contributed by atoms with Gasteiger partial charge in [0.15, 0.2) is 0 Å². The summed E-state index contributed by atoms with van der Waals surface area (Å²) in [6.45, 7) is 0. The number of nitrogens with two attached hydrogens (primary N) is 2. The predicted octanol–water partition coefficient (Wildman–Crippen LogP) is -1.99. The van der Waals surface area contributed by atoms with E-state index in [1.54, 1.807) is 0 Å². The largest absolute Gasteiger partial charge is 0.480 e. The fourth-order valence-corrected chi connectivity index (χ4v) is 2.39. The van der Waals surface area contributed by atoms with Crippen molar-refractivity contribution in [3.05, 3.63) is 0 Å². The highest BCUT2D eigenvalue weighted by molar-refractivity contribution is 7.91. The molecule has 0 rings (SSSR count). The lowest BCUT2D eigenvalue weighted by Crippen LogP contribution is -2.34. The van der Waals surface area contributed by atoms with Gasteiger partial charge < -0.3 is 21.7 Å². The van der Waals surface area contributed by atoms with Gasteiger partial charge in [-0.2, -0.15) is 0 Å². The van der Waals surface area contributed by atoms with E-state index in [9.17, 15) is 18.0 Å². The normalized spacial score (nSPS) is 15.2. The van der Waals surface area contributed by atoms with Crippen LogP contribution in [0.2, 0.25) is 0 Å². The molecule has 0 aromatic rings. The Labute approximate surface area is 98.5 Å². The van der Waals surface area contributed by atoms with Gasteiger partial charge in [0.2, 0.25) is 0 Å². The lowest BCUT2D eigenvalue weighted by atomic mass is 10.2. The Balaban J connectivity index is 4.14. The average Bonchev–Trinajstić information content (AvgIpc) is 2.22. The van der Waals surface area contributed by atoms with Gasteiger partial charge in [-0.15, -0.1) is 0 Å². The summed E-state index contributed by atoms with van der Waals surface area (Å²) in [5.74, 6) is -3.34. The first-order chi connectivity index (χ1) is 7.65. The summed E-state index contributed by atoms with van der Waals surface area (Å²) in [6.07, 6.45) is -0.417. The van der Waals surface area contributed by atoms with Crippen molar-refractivity contribution in [2.75, 3.05) is 11.5 Å². The second-order valence-corrected chi connectivity index (χ2v) is 5.92. The van der Waals surface area contributed by atoms with E-state index in [-0.39, 0.29) is 12.8 Å². The molecule has 0 aromatic heterocycles. The van der Waals surface area contributed by atoms with Crippen LogP contribution in [0, 0.1) is 0 Å². The van der Waals surface area contributed by atoms with Crippen LogP contribution in [0.1, 0.15) is 12.8 Å². The standard InChI is InChI=1S/C8H16N2O6S/c9-5(7(11)12)1-3-17(15,16)4-2-6(10)8(13)14/h5-6H,1-4,9-10H2,(H,11,12)(H,13,14)/t5-,6+. The zero-order chi connectivity index (χ0) is 13.6. The van der Waals surface area contributed by atoms with Crippen LogP contribution in [0.25, 0.3) is 0 Å². The third kappa shape index (κ3) is 6.87. The van der Waals surface area contributed by atoms with Gasteiger partial charge in [-0.25, -0.2) is 8.42 Å². The SMILES string of the molecule is N[C@H](CCS(=O)(=O)CC[C@H](N)C(=O)O)C(=O)O. The molecule has 0 unspecified atom stereocenters. The van der Waals surface area contributed by atoms with E-state index in [4.69, 9.17) is 21.7 Å². The Morgan fingerprint density at radius 3 is 1.47 bits per heavy atom. The number of carboxylic acid groups (broad SMARTS) is 2. The molecular formula is C8H16N2O6S. The third-order valence-electron chi connectivity index (χ3n) is 2.11. The Morgan fingerprint density at radius 1 is 0.941 bits per heavy atom. The fraction of sp³-hybridized carbons (Fsp3) is 0.750. The van der Waals surface area contributed by atoms with Crippen LogP contribution in [0.4, 0.5) is 0 Å². The number of aliphatic carboxylic acids is 2. The summed E-state index contributed by atoms with van der Waals surface area (Å²) in [5, 5.41) is 16.9. The summed E-state index contributed by atoms with van der Waals surface area (Å²) in [6, 6.07) is -2.48. The van der Waals surface area contributed by atoms with Crippen LogP contribution in [-0.2, 0) is 19.4 Å². The summed E-state index contributed by atoms with van der Waals surface area (Å²) in [4.78, 5) is 20.7. The van der Waals surface area contributed by atoms with Gasteiger partial charge in [-0.1, -0.05) is 0 Å². The highest BCUT2D eigenvalue weighted by Crippen LogP contribution is 2.01. The van der Waals surface area contributed by atoms with Crippen molar-refractivity contribution >= 4 is 21.8 Å². The smallest absolute Gasteiger partial charge is 0.320 e. The van der Waals surface area contributed by atoms with Crippen molar-refractivity contribution in [1.82, 2.24) is 0 Å². The first-order valence-corrected chi connectivity index (χ1v) is 6.65. The van der Waals surface area contributed by atoms with Crippen molar-refractivity contribution in [2.24, 2.45) is 11.5 Å². The lowest BCUT2D eigenvalue weighted by Gasteiger charge is -2.09. The molecule has 0 aliphatic carbocycles. The van der Waals surface area contributed by atoms with Crippen LogP contribution in [0.3, 0.4) is 0 Å². The zero-order valence-corrected chi connectivity index (χ0v) is 9.89. The molecule has 0 amide bonds. The number of hydrogen-bond acceptors (Lipinski definition) is 6. The predicted molar refractivity (Wildman–Crippen MR) is 59.1 cm³/mol. The van der Waals surface area contributed by atoms with E-state index in [0.29, 0.717) is 0 Å². The molecule has 0 saturated heterocycles. The van der Waals surface area contributed by atoms with Crippen molar-refractivity contribution < 1.29 is 28.2 Å². The minimum atomic E-state index is -3.53. The molecular weight excluding hydrogens is 252 g/mol. The van der Waals surface area contributed by atoms with Crippen molar-refractivity contribution in [3.63, 3.8) is 0 Å². The van der Waals surface area contributed by atoms with Gasteiger partial charge in [0, 0.05) is 0 Å².